The van der Waals surface area contributed by atoms with Crippen molar-refractivity contribution in [2.24, 2.45) is 5.73 Å². The largest absolute Gasteiger partial charge is 0.369 e. The van der Waals surface area contributed by atoms with E-state index in [-0.39, 0.29) is 11.7 Å². The van der Waals surface area contributed by atoms with Gasteiger partial charge in [0.25, 0.3) is 5.91 Å². The molecule has 4 nitrogen and oxygen atoms in total. The van der Waals surface area contributed by atoms with Gasteiger partial charge in [-0.3, -0.25) is 9.59 Å². The number of benzene rings is 2. The van der Waals surface area contributed by atoms with Crippen molar-refractivity contribution in [3.05, 3.63) is 59.7 Å². The summed E-state index contributed by atoms with van der Waals surface area (Å²) >= 11 is 1.26. The van der Waals surface area contributed by atoms with Gasteiger partial charge in [-0.15, -0.1) is 11.8 Å². The molecule has 0 aliphatic heterocycles. The number of rotatable bonds is 5. The van der Waals surface area contributed by atoms with E-state index in [2.05, 4.69) is 5.32 Å². The maximum atomic E-state index is 12.3. The van der Waals surface area contributed by atoms with Crippen LogP contribution in [0, 0.1) is 6.92 Å². The Morgan fingerprint density at radius 1 is 1.10 bits per heavy atom. The molecule has 3 N–H and O–H groups in total. The number of amides is 2. The lowest BCUT2D eigenvalue weighted by Gasteiger charge is -2.09. The molecule has 2 rings (SSSR count). The highest BCUT2D eigenvalue weighted by molar-refractivity contribution is 8.00. The number of anilines is 1. The fourth-order valence-electron chi connectivity index (χ4n) is 1.76. The van der Waals surface area contributed by atoms with Crippen molar-refractivity contribution in [2.45, 2.75) is 11.8 Å². The van der Waals surface area contributed by atoms with E-state index >= 15 is 0 Å². The highest BCUT2D eigenvalue weighted by Crippen LogP contribution is 2.23. The minimum Gasteiger partial charge on any atom is -0.369 e. The van der Waals surface area contributed by atoms with Gasteiger partial charge in [-0.2, -0.15) is 0 Å². The van der Waals surface area contributed by atoms with Crippen molar-refractivity contribution in [1.82, 2.24) is 0 Å². The Hall–Kier alpha value is -2.27. The molecule has 2 aromatic carbocycles. The molecule has 2 amide bonds. The van der Waals surface area contributed by atoms with Crippen LogP contribution < -0.4 is 11.1 Å². The van der Waals surface area contributed by atoms with Gasteiger partial charge in [0.05, 0.1) is 11.3 Å². The molecule has 0 fully saturated rings. The van der Waals surface area contributed by atoms with Gasteiger partial charge in [-0.05, 0) is 31.2 Å². The molecule has 0 spiro atoms. The van der Waals surface area contributed by atoms with Crippen molar-refractivity contribution < 1.29 is 9.59 Å². The van der Waals surface area contributed by atoms with Gasteiger partial charge in [0.15, 0.2) is 0 Å². The summed E-state index contributed by atoms with van der Waals surface area (Å²) in [6, 6.07) is 14.7. The fraction of sp³-hybridized carbons (Fsp3) is 0.125. The quantitative estimate of drug-likeness (QED) is 0.834. The van der Waals surface area contributed by atoms with Crippen LogP contribution in [-0.2, 0) is 4.79 Å². The first-order valence-electron chi connectivity index (χ1n) is 6.44. The summed E-state index contributed by atoms with van der Waals surface area (Å²) in [5.41, 5.74) is 7.54. The molecule has 0 aliphatic rings. The third-order valence-electron chi connectivity index (χ3n) is 2.81. The molecule has 0 saturated carbocycles. The van der Waals surface area contributed by atoms with Gasteiger partial charge >= 0.3 is 0 Å². The van der Waals surface area contributed by atoms with Crippen LogP contribution in [0.25, 0.3) is 0 Å². The number of nitrogens with one attached hydrogen (secondary N) is 1. The molecular weight excluding hydrogens is 284 g/mol. The zero-order valence-electron chi connectivity index (χ0n) is 11.6. The van der Waals surface area contributed by atoms with Crippen molar-refractivity contribution >= 4 is 29.3 Å². The summed E-state index contributed by atoms with van der Waals surface area (Å²) in [5, 5.41) is 2.85. The molecule has 0 unspecified atom stereocenters. The minimum absolute atomic E-state index is 0.148. The average molecular weight is 300 g/mol. The summed E-state index contributed by atoms with van der Waals surface area (Å²) < 4.78 is 0. The van der Waals surface area contributed by atoms with Crippen LogP contribution >= 0.6 is 11.8 Å². The summed E-state index contributed by atoms with van der Waals surface area (Å²) in [6.45, 7) is 1.99. The standard InChI is InChI=1S/C16H16N2O2S/c1-11-6-8-12(9-7-11)18-16(20)13-4-2-3-5-14(13)21-10-15(17)19/h2-9H,10H2,1H3,(H2,17,19)(H,18,20). The molecule has 21 heavy (non-hydrogen) atoms. The first-order chi connectivity index (χ1) is 10.1. The summed E-state index contributed by atoms with van der Waals surface area (Å²) in [6.07, 6.45) is 0. The van der Waals surface area contributed by atoms with Gasteiger partial charge in [-0.25, -0.2) is 0 Å². The van der Waals surface area contributed by atoms with Gasteiger partial charge in [-0.1, -0.05) is 29.8 Å². The highest BCUT2D eigenvalue weighted by atomic mass is 32.2. The van der Waals surface area contributed by atoms with E-state index < -0.39 is 5.91 Å². The van der Waals surface area contributed by atoms with Crippen molar-refractivity contribution in [2.75, 3.05) is 11.1 Å². The fourth-order valence-corrected chi connectivity index (χ4v) is 2.55. The Kier molecular flexibility index (Phi) is 5.00. The van der Waals surface area contributed by atoms with Crippen LogP contribution in [0.3, 0.4) is 0 Å². The van der Waals surface area contributed by atoms with Crippen LogP contribution in [0.2, 0.25) is 0 Å². The minimum atomic E-state index is -0.409. The summed E-state index contributed by atoms with van der Waals surface area (Å²) in [4.78, 5) is 23.9. The average Bonchev–Trinajstić information content (AvgIpc) is 2.47. The van der Waals surface area contributed by atoms with E-state index in [0.29, 0.717) is 5.56 Å². The molecular formula is C16H16N2O2S. The Balaban J connectivity index is 2.14. The molecule has 0 aromatic heterocycles. The second-order valence-corrected chi connectivity index (χ2v) is 5.59. The molecule has 0 atom stereocenters. The van der Waals surface area contributed by atoms with E-state index in [9.17, 15) is 9.59 Å². The normalized spacial score (nSPS) is 10.1. The van der Waals surface area contributed by atoms with Gasteiger partial charge < -0.3 is 11.1 Å². The number of carbonyl (C=O) groups excluding carboxylic acids is 2. The summed E-state index contributed by atoms with van der Waals surface area (Å²) in [5.74, 6) is -0.463. The molecule has 0 heterocycles. The Morgan fingerprint density at radius 2 is 1.76 bits per heavy atom. The number of primary amides is 1. The monoisotopic (exact) mass is 300 g/mol. The molecule has 2 aromatic rings. The maximum Gasteiger partial charge on any atom is 0.256 e. The highest BCUT2D eigenvalue weighted by Gasteiger charge is 2.12. The Bertz CT molecular complexity index is 654. The zero-order chi connectivity index (χ0) is 15.2. The molecule has 0 radical (unpaired) electrons. The predicted molar refractivity (Wildman–Crippen MR) is 85.5 cm³/mol. The zero-order valence-corrected chi connectivity index (χ0v) is 12.4. The number of hydrogen-bond acceptors (Lipinski definition) is 3. The van der Waals surface area contributed by atoms with Crippen LogP contribution in [0.5, 0.6) is 0 Å². The smallest absolute Gasteiger partial charge is 0.256 e. The van der Waals surface area contributed by atoms with Crippen LogP contribution in [0.15, 0.2) is 53.4 Å². The number of aryl methyl sites for hydroxylation is 1. The first kappa shape index (κ1) is 15.1. The maximum absolute atomic E-state index is 12.3. The lowest BCUT2D eigenvalue weighted by Crippen LogP contribution is -2.15. The number of thioether (sulfide) groups is 1. The first-order valence-corrected chi connectivity index (χ1v) is 7.43. The molecule has 0 aliphatic carbocycles. The lowest BCUT2D eigenvalue weighted by molar-refractivity contribution is -0.115. The van der Waals surface area contributed by atoms with Gasteiger partial charge in [0.1, 0.15) is 0 Å². The Labute approximate surface area is 127 Å². The van der Waals surface area contributed by atoms with E-state index in [0.717, 1.165) is 16.1 Å². The molecule has 5 heteroatoms. The molecule has 0 saturated heterocycles. The topological polar surface area (TPSA) is 72.2 Å². The predicted octanol–water partition coefficient (Wildman–Crippen LogP) is 2.82. The van der Waals surface area contributed by atoms with E-state index in [4.69, 9.17) is 5.73 Å². The number of nitrogens with two attached hydrogens (primary N) is 1. The van der Waals surface area contributed by atoms with Gasteiger partial charge in [0.2, 0.25) is 5.91 Å². The number of carbonyl (C=O) groups is 2. The summed E-state index contributed by atoms with van der Waals surface area (Å²) in [7, 11) is 0. The molecule has 108 valence electrons. The van der Waals surface area contributed by atoms with Crippen LogP contribution in [0.1, 0.15) is 15.9 Å². The molecule has 0 bridgehead atoms. The van der Waals surface area contributed by atoms with Crippen molar-refractivity contribution in [3.63, 3.8) is 0 Å². The van der Waals surface area contributed by atoms with Gasteiger partial charge in [0, 0.05) is 10.6 Å². The third kappa shape index (κ3) is 4.36. The van der Waals surface area contributed by atoms with E-state index in [1.807, 2.05) is 37.3 Å². The van der Waals surface area contributed by atoms with Crippen molar-refractivity contribution in [3.8, 4) is 0 Å². The Morgan fingerprint density at radius 3 is 2.43 bits per heavy atom. The van der Waals surface area contributed by atoms with Crippen LogP contribution in [-0.4, -0.2) is 17.6 Å². The third-order valence-corrected chi connectivity index (χ3v) is 3.91. The van der Waals surface area contributed by atoms with E-state index in [1.54, 1.807) is 18.2 Å². The van der Waals surface area contributed by atoms with Crippen LogP contribution in [0.4, 0.5) is 5.69 Å². The lowest BCUT2D eigenvalue weighted by atomic mass is 10.2. The SMILES string of the molecule is Cc1ccc(NC(=O)c2ccccc2SCC(N)=O)cc1. The second-order valence-electron chi connectivity index (χ2n) is 4.57. The van der Waals surface area contributed by atoms with E-state index in [1.165, 1.54) is 11.8 Å². The second kappa shape index (κ2) is 6.95. The number of hydrogen-bond donors (Lipinski definition) is 2. The van der Waals surface area contributed by atoms with Crippen molar-refractivity contribution in [1.29, 1.82) is 0 Å².